The molecule has 43 heavy (non-hydrogen) atoms. The summed E-state index contributed by atoms with van der Waals surface area (Å²) in [5.41, 5.74) is 18.1. The first kappa shape index (κ1) is 28.9. The van der Waals surface area contributed by atoms with Crippen molar-refractivity contribution >= 4 is 16.7 Å². The van der Waals surface area contributed by atoms with Crippen molar-refractivity contribution in [2.75, 3.05) is 19.6 Å². The molecular weight excluding hydrogens is 531 g/mol. The number of aromatic nitrogens is 2. The fourth-order valence-corrected chi connectivity index (χ4v) is 6.78. The zero-order chi connectivity index (χ0) is 29.9. The summed E-state index contributed by atoms with van der Waals surface area (Å²) in [5, 5.41) is 0. The van der Waals surface area contributed by atoms with E-state index < -0.39 is 0 Å². The molecule has 0 aliphatic heterocycles. The average Bonchev–Trinajstić information content (AvgIpc) is 3.58. The minimum atomic E-state index is -0.269. The number of imidazole rings is 1. The highest BCUT2D eigenvalue weighted by Crippen LogP contribution is 2.50. The highest BCUT2D eigenvalue weighted by Gasteiger charge is 2.31. The third-order valence-corrected chi connectivity index (χ3v) is 9.05. The molecule has 0 saturated heterocycles. The van der Waals surface area contributed by atoms with E-state index in [0.29, 0.717) is 11.2 Å². The number of hydrogen-bond donors (Lipinski definition) is 2. The molecule has 220 valence electrons. The van der Waals surface area contributed by atoms with Crippen molar-refractivity contribution in [3.8, 4) is 22.5 Å². The number of hydrogen-bond acceptors (Lipinski definition) is 3. The fraction of sp³-hybridized carbons (Fsp3) is 0.289. The minimum absolute atomic E-state index is 0.224. The van der Waals surface area contributed by atoms with Gasteiger partial charge in [0.1, 0.15) is 11.6 Å². The summed E-state index contributed by atoms with van der Waals surface area (Å²) in [5.74, 6) is 0.721. The molecule has 0 spiro atoms. The number of fused-ring (bicyclic) bond motifs is 4. The van der Waals surface area contributed by atoms with Gasteiger partial charge < -0.3 is 15.6 Å². The van der Waals surface area contributed by atoms with Crippen molar-refractivity contribution in [3.63, 3.8) is 0 Å². The number of aryl methyl sites for hydroxylation is 1. The Morgan fingerprint density at radius 1 is 0.907 bits per heavy atom. The monoisotopic (exact) mass is 572 g/mol. The van der Waals surface area contributed by atoms with E-state index in [1.54, 1.807) is 6.07 Å². The summed E-state index contributed by atoms with van der Waals surface area (Å²) in [6.07, 6.45) is 5.47. The number of nitrogens with two attached hydrogens (primary N) is 1. The van der Waals surface area contributed by atoms with E-state index in [2.05, 4.69) is 91.0 Å². The van der Waals surface area contributed by atoms with Crippen molar-refractivity contribution in [1.82, 2.24) is 14.9 Å². The summed E-state index contributed by atoms with van der Waals surface area (Å²) in [6, 6.07) is 26.6. The van der Waals surface area contributed by atoms with E-state index in [1.807, 2.05) is 0 Å². The van der Waals surface area contributed by atoms with Crippen LogP contribution >= 0.6 is 0 Å². The van der Waals surface area contributed by atoms with Gasteiger partial charge in [0, 0.05) is 17.2 Å². The second kappa shape index (κ2) is 12.6. The van der Waals surface area contributed by atoms with Gasteiger partial charge in [-0.1, -0.05) is 87.5 Å². The molecule has 0 fully saturated rings. The predicted octanol–water partition coefficient (Wildman–Crippen LogP) is 8.71. The molecule has 1 heterocycles. The van der Waals surface area contributed by atoms with Crippen molar-refractivity contribution in [2.24, 2.45) is 5.73 Å². The molecule has 1 aliphatic carbocycles. The Kier molecular flexibility index (Phi) is 8.44. The SMILES string of the molecule is C=C(N)c1ccc(CC2c3ccccc3-c3c(-c4nc5ccc(F)cc5[nH]4)cccc32)cc1CCCCCN(CC)CC. The number of rotatable bonds is 12. The molecule has 3 N–H and O–H groups in total. The second-order valence-electron chi connectivity index (χ2n) is 11.7. The first-order valence-electron chi connectivity index (χ1n) is 15.6. The normalized spacial score (nSPS) is 13.9. The van der Waals surface area contributed by atoms with Crippen LogP contribution in [0.2, 0.25) is 0 Å². The summed E-state index contributed by atoms with van der Waals surface area (Å²) < 4.78 is 13.9. The lowest BCUT2D eigenvalue weighted by Gasteiger charge is -2.18. The zero-order valence-corrected chi connectivity index (χ0v) is 25.3. The Hall–Kier alpha value is -4.22. The Morgan fingerprint density at radius 3 is 2.51 bits per heavy atom. The van der Waals surface area contributed by atoms with Gasteiger partial charge in [0.2, 0.25) is 0 Å². The van der Waals surface area contributed by atoms with Crippen LogP contribution in [0.4, 0.5) is 4.39 Å². The molecule has 4 aromatic carbocycles. The molecule has 5 heteroatoms. The third-order valence-electron chi connectivity index (χ3n) is 9.05. The van der Waals surface area contributed by atoms with Crippen LogP contribution in [0.5, 0.6) is 0 Å². The first-order chi connectivity index (χ1) is 21.0. The lowest BCUT2D eigenvalue weighted by atomic mass is 9.87. The van der Waals surface area contributed by atoms with Gasteiger partial charge in [0.15, 0.2) is 0 Å². The lowest BCUT2D eigenvalue weighted by molar-refractivity contribution is 0.296. The van der Waals surface area contributed by atoms with Crippen LogP contribution in [0, 0.1) is 5.82 Å². The largest absolute Gasteiger partial charge is 0.399 e. The van der Waals surface area contributed by atoms with Crippen LogP contribution in [0.1, 0.15) is 66.8 Å². The van der Waals surface area contributed by atoms with Gasteiger partial charge in [-0.2, -0.15) is 0 Å². The van der Waals surface area contributed by atoms with Gasteiger partial charge in [0.25, 0.3) is 0 Å². The Balaban J connectivity index is 1.29. The van der Waals surface area contributed by atoms with Crippen LogP contribution < -0.4 is 5.73 Å². The summed E-state index contributed by atoms with van der Waals surface area (Å²) in [7, 11) is 0. The standard InChI is InChI=1S/C38H41FN4/c1-4-43(5-2)21-10-6-7-12-27-22-26(17-19-29(27)25(3)40)23-34-30-13-8-9-14-31(30)37-32(34)15-11-16-33(37)38-41-35-20-18-28(39)24-36(35)42-38/h8-9,11,13-20,22,24,34H,3-7,10,12,21,23,40H2,1-2H3,(H,41,42). The molecule has 0 bridgehead atoms. The predicted molar refractivity (Wildman–Crippen MR) is 177 cm³/mol. The van der Waals surface area contributed by atoms with Crippen LogP contribution in [-0.2, 0) is 12.8 Å². The lowest BCUT2D eigenvalue weighted by Crippen LogP contribution is -2.23. The Labute approximate surface area is 254 Å². The minimum Gasteiger partial charge on any atom is -0.399 e. The number of unbranched alkanes of at least 4 members (excludes halogenated alkanes) is 2. The average molecular weight is 573 g/mol. The highest BCUT2D eigenvalue weighted by atomic mass is 19.1. The summed E-state index contributed by atoms with van der Waals surface area (Å²) in [4.78, 5) is 10.7. The van der Waals surface area contributed by atoms with Crippen LogP contribution in [0.15, 0.2) is 85.4 Å². The van der Waals surface area contributed by atoms with Gasteiger partial charge in [-0.05, 0) is 102 Å². The zero-order valence-electron chi connectivity index (χ0n) is 25.3. The van der Waals surface area contributed by atoms with Crippen LogP contribution in [0.25, 0.3) is 39.2 Å². The molecule has 4 nitrogen and oxygen atoms in total. The van der Waals surface area contributed by atoms with Crippen molar-refractivity contribution in [2.45, 2.75) is 51.9 Å². The molecule has 1 atom stereocenters. The van der Waals surface area contributed by atoms with Crippen molar-refractivity contribution < 1.29 is 4.39 Å². The van der Waals surface area contributed by atoms with E-state index >= 15 is 0 Å². The number of halogens is 1. The van der Waals surface area contributed by atoms with E-state index in [-0.39, 0.29) is 11.7 Å². The molecule has 0 saturated carbocycles. The quantitative estimate of drug-likeness (QED) is 0.147. The summed E-state index contributed by atoms with van der Waals surface area (Å²) in [6.45, 7) is 11.9. The Morgan fingerprint density at radius 2 is 1.70 bits per heavy atom. The molecule has 0 amide bonds. The molecule has 5 aromatic rings. The van der Waals surface area contributed by atoms with Gasteiger partial charge in [-0.3, -0.25) is 0 Å². The highest BCUT2D eigenvalue weighted by molar-refractivity contribution is 5.92. The van der Waals surface area contributed by atoms with Crippen molar-refractivity contribution in [3.05, 3.63) is 119 Å². The second-order valence-corrected chi connectivity index (χ2v) is 11.7. The third kappa shape index (κ3) is 5.87. The molecule has 1 aliphatic rings. The fourth-order valence-electron chi connectivity index (χ4n) is 6.78. The maximum absolute atomic E-state index is 13.9. The smallest absolute Gasteiger partial charge is 0.139 e. The van der Waals surface area contributed by atoms with Gasteiger partial charge in [0.05, 0.1) is 11.0 Å². The molecule has 0 radical (unpaired) electrons. The van der Waals surface area contributed by atoms with Crippen LogP contribution in [-0.4, -0.2) is 34.5 Å². The van der Waals surface area contributed by atoms with Crippen LogP contribution in [0.3, 0.4) is 0 Å². The van der Waals surface area contributed by atoms with E-state index in [4.69, 9.17) is 10.7 Å². The van der Waals surface area contributed by atoms with E-state index in [1.165, 1.54) is 58.4 Å². The number of nitrogens with zero attached hydrogens (tertiary/aromatic N) is 2. The first-order valence-corrected chi connectivity index (χ1v) is 15.6. The number of H-pyrrole nitrogens is 1. The van der Waals surface area contributed by atoms with E-state index in [0.717, 1.165) is 61.4 Å². The molecule has 1 aromatic heterocycles. The number of nitrogens with one attached hydrogen (secondary N) is 1. The summed E-state index contributed by atoms with van der Waals surface area (Å²) >= 11 is 0. The number of benzene rings is 4. The molecule has 6 rings (SSSR count). The Bertz CT molecular complexity index is 1760. The van der Waals surface area contributed by atoms with Crippen molar-refractivity contribution in [1.29, 1.82) is 0 Å². The topological polar surface area (TPSA) is 57.9 Å². The van der Waals surface area contributed by atoms with Gasteiger partial charge in [-0.25, -0.2) is 9.37 Å². The van der Waals surface area contributed by atoms with E-state index in [9.17, 15) is 4.39 Å². The van der Waals surface area contributed by atoms with Gasteiger partial charge in [-0.15, -0.1) is 0 Å². The van der Waals surface area contributed by atoms with Gasteiger partial charge >= 0.3 is 0 Å². The molecular formula is C38H41FN4. The maximum atomic E-state index is 13.9. The molecule has 1 unspecified atom stereocenters. The maximum Gasteiger partial charge on any atom is 0.139 e. The number of aromatic amines is 1.